The Labute approximate surface area is 110 Å². The fourth-order valence-corrected chi connectivity index (χ4v) is 2.03. The van der Waals surface area contributed by atoms with E-state index < -0.39 is 10.9 Å². The van der Waals surface area contributed by atoms with Crippen LogP contribution in [0.4, 0.5) is 5.69 Å². The van der Waals surface area contributed by atoms with Crippen LogP contribution in [0.2, 0.25) is 0 Å². The fourth-order valence-electron chi connectivity index (χ4n) is 1.50. The van der Waals surface area contributed by atoms with E-state index in [4.69, 9.17) is 0 Å². The van der Waals surface area contributed by atoms with Gasteiger partial charge in [0.1, 0.15) is 5.69 Å². The molecule has 6 nitrogen and oxygen atoms in total. The number of pyridine rings is 1. The Kier molecular flexibility index (Phi) is 3.24. The highest BCUT2D eigenvalue weighted by molar-refractivity contribution is 9.10. The van der Waals surface area contributed by atoms with Crippen molar-refractivity contribution >= 4 is 38.5 Å². The SMILES string of the molecule is COC(=O)c1cc(Br)c2cc([N+](=O)[O-])ccc2n1. The molecule has 0 aliphatic carbocycles. The summed E-state index contributed by atoms with van der Waals surface area (Å²) in [7, 11) is 1.26. The van der Waals surface area contributed by atoms with E-state index in [1.54, 1.807) is 0 Å². The van der Waals surface area contributed by atoms with Crippen molar-refractivity contribution in [3.8, 4) is 0 Å². The molecule has 2 rings (SSSR count). The van der Waals surface area contributed by atoms with Gasteiger partial charge in [0.05, 0.1) is 17.5 Å². The van der Waals surface area contributed by atoms with Crippen LogP contribution in [0.1, 0.15) is 10.5 Å². The molecule has 0 aliphatic rings. The van der Waals surface area contributed by atoms with E-state index in [-0.39, 0.29) is 11.4 Å². The third-order valence-electron chi connectivity index (χ3n) is 2.35. The van der Waals surface area contributed by atoms with Crippen molar-refractivity contribution in [3.05, 3.63) is 44.5 Å². The van der Waals surface area contributed by atoms with Crippen LogP contribution in [0.3, 0.4) is 0 Å². The maximum Gasteiger partial charge on any atom is 0.356 e. The van der Waals surface area contributed by atoms with E-state index in [0.29, 0.717) is 15.4 Å². The molecule has 1 aromatic heterocycles. The van der Waals surface area contributed by atoms with Gasteiger partial charge in [-0.2, -0.15) is 0 Å². The van der Waals surface area contributed by atoms with E-state index in [1.807, 2.05) is 0 Å². The van der Waals surface area contributed by atoms with Crippen molar-refractivity contribution in [1.29, 1.82) is 0 Å². The van der Waals surface area contributed by atoms with Gasteiger partial charge >= 0.3 is 5.97 Å². The number of non-ortho nitro benzene ring substituents is 1. The largest absolute Gasteiger partial charge is 0.464 e. The number of nitrogens with zero attached hydrogens (tertiary/aromatic N) is 2. The normalized spacial score (nSPS) is 10.3. The zero-order chi connectivity index (χ0) is 13.3. The Bertz CT molecular complexity index is 657. The van der Waals surface area contributed by atoms with Gasteiger partial charge in [0.15, 0.2) is 0 Å². The molecule has 92 valence electrons. The van der Waals surface area contributed by atoms with Crippen molar-refractivity contribution in [2.45, 2.75) is 0 Å². The number of nitro groups is 1. The van der Waals surface area contributed by atoms with Gasteiger partial charge in [0.2, 0.25) is 0 Å². The first-order valence-corrected chi connectivity index (χ1v) is 5.65. The number of hydrogen-bond acceptors (Lipinski definition) is 5. The zero-order valence-electron chi connectivity index (χ0n) is 9.21. The summed E-state index contributed by atoms with van der Waals surface area (Å²) in [6, 6.07) is 5.69. The van der Waals surface area contributed by atoms with Crippen molar-refractivity contribution in [3.63, 3.8) is 0 Å². The average Bonchev–Trinajstić information content (AvgIpc) is 2.37. The predicted molar refractivity (Wildman–Crippen MR) is 67.4 cm³/mol. The minimum Gasteiger partial charge on any atom is -0.464 e. The molecule has 1 aromatic carbocycles. The summed E-state index contributed by atoms with van der Waals surface area (Å²) in [4.78, 5) is 25.6. The number of esters is 1. The fraction of sp³-hybridized carbons (Fsp3) is 0.0909. The number of fused-ring (bicyclic) bond motifs is 1. The molecule has 0 bridgehead atoms. The molecular weight excluding hydrogens is 304 g/mol. The van der Waals surface area contributed by atoms with Gasteiger partial charge < -0.3 is 4.74 Å². The number of rotatable bonds is 2. The minimum absolute atomic E-state index is 0.0316. The first-order valence-electron chi connectivity index (χ1n) is 4.86. The number of ether oxygens (including phenoxy) is 1. The summed E-state index contributed by atoms with van der Waals surface area (Å²) in [5, 5.41) is 11.2. The standard InChI is InChI=1S/C11H7BrN2O4/c1-18-11(15)10-5-8(12)7-4-6(14(16)17)2-3-9(7)13-10/h2-5H,1H3. The topological polar surface area (TPSA) is 82.3 Å². The van der Waals surface area contributed by atoms with Gasteiger partial charge in [-0.15, -0.1) is 0 Å². The molecule has 0 amide bonds. The first kappa shape index (κ1) is 12.4. The Morgan fingerprint density at radius 2 is 2.17 bits per heavy atom. The summed E-state index contributed by atoms with van der Waals surface area (Å²) in [5.41, 5.74) is 0.594. The molecule has 7 heteroatoms. The van der Waals surface area contributed by atoms with Gasteiger partial charge in [0.25, 0.3) is 5.69 Å². The Morgan fingerprint density at radius 1 is 1.44 bits per heavy atom. The molecule has 0 spiro atoms. The van der Waals surface area contributed by atoms with Crippen LogP contribution in [0.5, 0.6) is 0 Å². The summed E-state index contributed by atoms with van der Waals surface area (Å²) in [6.45, 7) is 0. The molecule has 0 radical (unpaired) electrons. The van der Waals surface area contributed by atoms with Crippen LogP contribution in [-0.2, 0) is 4.74 Å². The maximum absolute atomic E-state index is 11.4. The second kappa shape index (κ2) is 4.69. The molecule has 1 heterocycles. The van der Waals surface area contributed by atoms with Crippen LogP contribution in [0.15, 0.2) is 28.7 Å². The van der Waals surface area contributed by atoms with Crippen molar-refractivity contribution < 1.29 is 14.5 Å². The van der Waals surface area contributed by atoms with E-state index in [2.05, 4.69) is 25.7 Å². The minimum atomic E-state index is -0.559. The maximum atomic E-state index is 11.4. The number of benzene rings is 1. The lowest BCUT2D eigenvalue weighted by Gasteiger charge is -2.04. The van der Waals surface area contributed by atoms with Crippen molar-refractivity contribution in [2.24, 2.45) is 0 Å². The predicted octanol–water partition coefficient (Wildman–Crippen LogP) is 2.69. The molecule has 0 fully saturated rings. The monoisotopic (exact) mass is 310 g/mol. The summed E-state index contributed by atoms with van der Waals surface area (Å²) < 4.78 is 5.12. The number of carbonyl (C=O) groups is 1. The molecule has 0 saturated heterocycles. The van der Waals surface area contributed by atoms with E-state index in [0.717, 1.165) is 0 Å². The molecule has 18 heavy (non-hydrogen) atoms. The zero-order valence-corrected chi connectivity index (χ0v) is 10.8. The number of hydrogen-bond donors (Lipinski definition) is 0. The van der Waals surface area contributed by atoms with Crippen molar-refractivity contribution in [2.75, 3.05) is 7.11 Å². The molecule has 0 aliphatic heterocycles. The first-order chi connectivity index (χ1) is 8.52. The van der Waals surface area contributed by atoms with Gasteiger partial charge in [-0.05, 0) is 12.1 Å². The molecule has 0 unspecified atom stereocenters. The highest BCUT2D eigenvalue weighted by atomic mass is 79.9. The third kappa shape index (κ3) is 2.17. The summed E-state index contributed by atoms with van der Waals surface area (Å²) in [5.74, 6) is -0.559. The quantitative estimate of drug-likeness (QED) is 0.484. The van der Waals surface area contributed by atoms with Crippen LogP contribution in [-0.4, -0.2) is 23.0 Å². The highest BCUT2D eigenvalue weighted by Gasteiger charge is 2.14. The second-order valence-electron chi connectivity index (χ2n) is 3.44. The van der Waals surface area contributed by atoms with Crippen LogP contribution >= 0.6 is 15.9 Å². The number of carbonyl (C=O) groups excluding carboxylic acids is 1. The van der Waals surface area contributed by atoms with Gasteiger partial charge in [-0.1, -0.05) is 15.9 Å². The number of methoxy groups -OCH3 is 1. The van der Waals surface area contributed by atoms with Gasteiger partial charge in [0, 0.05) is 22.0 Å². The lowest BCUT2D eigenvalue weighted by atomic mass is 10.2. The number of aromatic nitrogens is 1. The van der Waals surface area contributed by atoms with E-state index in [9.17, 15) is 14.9 Å². The summed E-state index contributed by atoms with van der Waals surface area (Å²) >= 11 is 3.26. The molecule has 0 atom stereocenters. The molecular formula is C11H7BrN2O4. The van der Waals surface area contributed by atoms with E-state index >= 15 is 0 Å². The smallest absolute Gasteiger partial charge is 0.356 e. The van der Waals surface area contributed by atoms with E-state index in [1.165, 1.54) is 31.4 Å². The third-order valence-corrected chi connectivity index (χ3v) is 3.00. The Hall–Kier alpha value is -2.02. The Morgan fingerprint density at radius 3 is 2.78 bits per heavy atom. The number of nitro benzene ring substituents is 1. The van der Waals surface area contributed by atoms with Crippen LogP contribution in [0.25, 0.3) is 10.9 Å². The molecule has 0 N–H and O–H groups in total. The highest BCUT2D eigenvalue weighted by Crippen LogP contribution is 2.27. The average molecular weight is 311 g/mol. The van der Waals surface area contributed by atoms with Gasteiger partial charge in [-0.3, -0.25) is 10.1 Å². The van der Waals surface area contributed by atoms with Crippen molar-refractivity contribution in [1.82, 2.24) is 4.98 Å². The summed E-state index contributed by atoms with van der Waals surface area (Å²) in [6.07, 6.45) is 0. The van der Waals surface area contributed by atoms with Crippen LogP contribution < -0.4 is 0 Å². The molecule has 0 saturated carbocycles. The Balaban J connectivity index is 2.65. The second-order valence-corrected chi connectivity index (χ2v) is 4.29. The molecule has 2 aromatic rings. The number of halogens is 1. The lowest BCUT2D eigenvalue weighted by molar-refractivity contribution is -0.384. The van der Waals surface area contributed by atoms with Gasteiger partial charge in [-0.25, -0.2) is 9.78 Å². The van der Waals surface area contributed by atoms with Crippen LogP contribution in [0, 0.1) is 10.1 Å². The lowest BCUT2D eigenvalue weighted by Crippen LogP contribution is -2.04.